The van der Waals surface area contributed by atoms with Crippen LogP contribution in [0.5, 0.6) is 5.75 Å². The topological polar surface area (TPSA) is 96.0 Å². The third kappa shape index (κ3) is 8.54. The Kier molecular flexibility index (Phi) is 10.7. The second kappa shape index (κ2) is 13.9. The lowest BCUT2D eigenvalue weighted by Gasteiger charge is -2.33. The fraction of sp³-hybridized carbons (Fsp3) is 0.333. The van der Waals surface area contributed by atoms with Crippen molar-refractivity contribution in [3.8, 4) is 5.75 Å². The Hall–Kier alpha value is -3.92. The van der Waals surface area contributed by atoms with E-state index in [0.717, 1.165) is 16.1 Å². The molecule has 0 aliphatic carbocycles. The van der Waals surface area contributed by atoms with Gasteiger partial charge in [-0.25, -0.2) is 12.8 Å². The molecular weight excluding hydrogens is 533 g/mol. The average molecular weight is 570 g/mol. The Morgan fingerprint density at radius 1 is 0.975 bits per heavy atom. The Balaban J connectivity index is 2.06. The lowest BCUT2D eigenvalue weighted by molar-refractivity contribution is -0.140. The van der Waals surface area contributed by atoms with Crippen molar-refractivity contribution < 1.29 is 27.1 Å². The Bertz CT molecular complexity index is 1400. The summed E-state index contributed by atoms with van der Waals surface area (Å²) in [7, 11) is -2.47. The van der Waals surface area contributed by atoms with Crippen molar-refractivity contribution in [1.29, 1.82) is 0 Å². The van der Waals surface area contributed by atoms with E-state index in [1.54, 1.807) is 24.3 Å². The number of methoxy groups -OCH3 is 1. The minimum atomic E-state index is -3.92. The third-order valence-electron chi connectivity index (χ3n) is 6.27. The summed E-state index contributed by atoms with van der Waals surface area (Å²) < 4.78 is 46.7. The molecule has 8 nitrogen and oxygen atoms in total. The van der Waals surface area contributed by atoms with Crippen LogP contribution in [0.3, 0.4) is 0 Å². The summed E-state index contributed by atoms with van der Waals surface area (Å²) in [5.74, 6) is -1.02. The van der Waals surface area contributed by atoms with E-state index in [1.165, 1.54) is 36.3 Å². The number of carbonyl (C=O) groups is 2. The van der Waals surface area contributed by atoms with Gasteiger partial charge in [-0.3, -0.25) is 13.9 Å². The van der Waals surface area contributed by atoms with Gasteiger partial charge < -0.3 is 15.0 Å². The first kappa shape index (κ1) is 30.6. The van der Waals surface area contributed by atoms with Gasteiger partial charge in [0.05, 0.1) is 19.1 Å². The van der Waals surface area contributed by atoms with E-state index in [2.05, 4.69) is 5.32 Å². The molecule has 0 radical (unpaired) electrons. The molecule has 0 aliphatic heterocycles. The van der Waals surface area contributed by atoms with Crippen molar-refractivity contribution in [3.05, 3.63) is 95.8 Å². The van der Waals surface area contributed by atoms with Crippen molar-refractivity contribution in [1.82, 2.24) is 10.2 Å². The molecule has 3 aromatic carbocycles. The van der Waals surface area contributed by atoms with Crippen LogP contribution in [0, 0.1) is 11.7 Å². The highest BCUT2D eigenvalue weighted by Crippen LogP contribution is 2.24. The van der Waals surface area contributed by atoms with E-state index in [4.69, 9.17) is 4.74 Å². The monoisotopic (exact) mass is 569 g/mol. The van der Waals surface area contributed by atoms with Gasteiger partial charge in [0, 0.05) is 31.1 Å². The van der Waals surface area contributed by atoms with E-state index in [1.807, 2.05) is 44.2 Å². The molecule has 0 fully saturated rings. The predicted octanol–water partition coefficient (Wildman–Crippen LogP) is 4.01. The maximum atomic E-state index is 14.8. The maximum absolute atomic E-state index is 14.8. The predicted molar refractivity (Wildman–Crippen MR) is 154 cm³/mol. The Labute approximate surface area is 235 Å². The van der Waals surface area contributed by atoms with Gasteiger partial charge in [0.25, 0.3) is 0 Å². The van der Waals surface area contributed by atoms with Crippen molar-refractivity contribution in [2.75, 3.05) is 30.8 Å². The van der Waals surface area contributed by atoms with Crippen LogP contribution >= 0.6 is 0 Å². The second-order valence-corrected chi connectivity index (χ2v) is 11.8. The first-order valence-electron chi connectivity index (χ1n) is 13.0. The minimum absolute atomic E-state index is 0.156. The molecule has 1 atom stereocenters. The van der Waals surface area contributed by atoms with Crippen LogP contribution in [0.15, 0.2) is 78.9 Å². The lowest BCUT2D eigenvalue weighted by atomic mass is 10.0. The molecule has 0 aromatic heterocycles. The van der Waals surface area contributed by atoms with Gasteiger partial charge in [-0.15, -0.1) is 0 Å². The van der Waals surface area contributed by atoms with Crippen molar-refractivity contribution in [2.45, 2.75) is 32.9 Å². The maximum Gasteiger partial charge on any atom is 0.244 e. The number of ether oxygens (including phenoxy) is 1. The molecule has 3 rings (SSSR count). The summed E-state index contributed by atoms with van der Waals surface area (Å²) >= 11 is 0. The highest BCUT2D eigenvalue weighted by atomic mass is 32.2. The van der Waals surface area contributed by atoms with Gasteiger partial charge in [-0.05, 0) is 29.7 Å². The van der Waals surface area contributed by atoms with Gasteiger partial charge in [-0.2, -0.15) is 0 Å². The number of anilines is 1. The van der Waals surface area contributed by atoms with Crippen LogP contribution in [0.1, 0.15) is 25.0 Å². The average Bonchev–Trinajstić information content (AvgIpc) is 2.93. The minimum Gasteiger partial charge on any atom is -0.497 e. The summed E-state index contributed by atoms with van der Waals surface area (Å²) in [4.78, 5) is 28.8. The zero-order valence-corrected chi connectivity index (χ0v) is 24.0. The number of halogens is 1. The molecule has 214 valence electrons. The number of carbonyl (C=O) groups excluding carboxylic acids is 2. The lowest BCUT2D eigenvalue weighted by Crippen LogP contribution is -2.53. The smallest absolute Gasteiger partial charge is 0.244 e. The summed E-state index contributed by atoms with van der Waals surface area (Å²) in [6.07, 6.45) is 1.15. The quantitative estimate of drug-likeness (QED) is 0.336. The molecule has 0 aliphatic rings. The largest absolute Gasteiger partial charge is 0.497 e. The van der Waals surface area contributed by atoms with E-state index in [0.29, 0.717) is 12.3 Å². The summed E-state index contributed by atoms with van der Waals surface area (Å²) in [6, 6.07) is 20.5. The fourth-order valence-corrected chi connectivity index (χ4v) is 5.01. The number of rotatable bonds is 13. The van der Waals surface area contributed by atoms with Gasteiger partial charge in [0.15, 0.2) is 0 Å². The first-order valence-corrected chi connectivity index (χ1v) is 14.8. The zero-order chi connectivity index (χ0) is 29.3. The molecule has 0 heterocycles. The van der Waals surface area contributed by atoms with E-state index in [-0.39, 0.29) is 30.1 Å². The SMILES string of the molecule is COc1cccc(N(CC(=O)N(Cc2ccccc2F)[C@@H](Cc2ccccc2)C(=O)NCC(C)C)S(C)(=O)=O)c1. The number of hydrogen-bond acceptors (Lipinski definition) is 5. The number of benzene rings is 3. The molecular formula is C30H36FN3O5S. The van der Waals surface area contributed by atoms with Crippen LogP contribution < -0.4 is 14.4 Å². The van der Waals surface area contributed by atoms with Crippen molar-refractivity contribution in [3.63, 3.8) is 0 Å². The number of hydrogen-bond donors (Lipinski definition) is 1. The molecule has 0 saturated carbocycles. The van der Waals surface area contributed by atoms with Crippen LogP contribution in [0.25, 0.3) is 0 Å². The highest BCUT2D eigenvalue weighted by Gasteiger charge is 2.33. The first-order chi connectivity index (χ1) is 19.0. The van der Waals surface area contributed by atoms with Crippen LogP contribution in [0.4, 0.5) is 10.1 Å². The molecule has 3 aromatic rings. The van der Waals surface area contributed by atoms with Gasteiger partial charge in [-0.1, -0.05) is 68.4 Å². The standard InChI is InChI=1S/C30H36FN3O5S/c1-22(2)19-32-30(36)28(17-23-11-6-5-7-12-23)33(20-24-13-8-9-16-27(24)31)29(35)21-34(40(4,37)38)25-14-10-15-26(18-25)39-3/h5-16,18,22,28H,17,19-21H2,1-4H3,(H,32,36)/t28-/m0/s1. The summed E-state index contributed by atoms with van der Waals surface area (Å²) in [5.41, 5.74) is 1.23. The Morgan fingerprint density at radius 3 is 2.27 bits per heavy atom. The van der Waals surface area contributed by atoms with Crippen molar-refractivity contribution >= 4 is 27.5 Å². The molecule has 0 bridgehead atoms. The van der Waals surface area contributed by atoms with Crippen LogP contribution in [-0.4, -0.2) is 57.6 Å². The fourth-order valence-electron chi connectivity index (χ4n) is 4.17. The Morgan fingerprint density at radius 2 is 1.65 bits per heavy atom. The van der Waals surface area contributed by atoms with Crippen molar-refractivity contribution in [2.24, 2.45) is 5.92 Å². The number of amides is 2. The molecule has 0 saturated heterocycles. The second-order valence-electron chi connectivity index (χ2n) is 9.93. The zero-order valence-electron chi connectivity index (χ0n) is 23.2. The van der Waals surface area contributed by atoms with E-state index in [9.17, 15) is 22.4 Å². The van der Waals surface area contributed by atoms with E-state index < -0.39 is 40.2 Å². The summed E-state index contributed by atoms with van der Waals surface area (Å²) in [6.45, 7) is 3.46. The highest BCUT2D eigenvalue weighted by molar-refractivity contribution is 7.92. The third-order valence-corrected chi connectivity index (χ3v) is 7.42. The van der Waals surface area contributed by atoms with Crippen LogP contribution in [0.2, 0.25) is 0 Å². The van der Waals surface area contributed by atoms with Gasteiger partial charge in [0.1, 0.15) is 24.2 Å². The molecule has 2 amide bonds. The number of nitrogens with one attached hydrogen (secondary N) is 1. The van der Waals surface area contributed by atoms with Gasteiger partial charge in [0.2, 0.25) is 21.8 Å². The molecule has 0 unspecified atom stereocenters. The molecule has 1 N–H and O–H groups in total. The molecule has 10 heteroatoms. The normalized spacial score (nSPS) is 12.1. The van der Waals surface area contributed by atoms with Gasteiger partial charge >= 0.3 is 0 Å². The molecule has 40 heavy (non-hydrogen) atoms. The summed E-state index contributed by atoms with van der Waals surface area (Å²) in [5, 5.41) is 2.89. The number of nitrogens with zero attached hydrogens (tertiary/aromatic N) is 2. The van der Waals surface area contributed by atoms with E-state index >= 15 is 0 Å². The van der Waals surface area contributed by atoms with Crippen LogP contribution in [-0.2, 0) is 32.6 Å². The molecule has 0 spiro atoms. The number of sulfonamides is 1.